The van der Waals surface area contributed by atoms with Gasteiger partial charge in [0.2, 0.25) is 0 Å². The Hall–Kier alpha value is -0.0500. The molecule has 0 amide bonds. The highest BCUT2D eigenvalue weighted by molar-refractivity contribution is 9.09. The highest BCUT2D eigenvalue weighted by Crippen LogP contribution is 2.27. The minimum Gasteiger partial charge on any atom is -0.465 e. The van der Waals surface area contributed by atoms with Gasteiger partial charge in [0.05, 0.1) is 12.0 Å². The number of hydrogen-bond acceptors (Lipinski definition) is 2. The van der Waals surface area contributed by atoms with Crippen LogP contribution in [0, 0.1) is 11.3 Å². The molecule has 0 rings (SSSR count). The first kappa shape index (κ1) is 13.9. The second kappa shape index (κ2) is 5.74. The van der Waals surface area contributed by atoms with Crippen molar-refractivity contribution in [1.82, 2.24) is 0 Å². The van der Waals surface area contributed by atoms with Gasteiger partial charge in [0.25, 0.3) is 0 Å². The van der Waals surface area contributed by atoms with Gasteiger partial charge in [-0.25, -0.2) is 0 Å². The molecule has 0 heterocycles. The summed E-state index contributed by atoms with van der Waals surface area (Å²) in [5.41, 5.74) is -0.391. The molecule has 0 N–H and O–H groups in total. The highest BCUT2D eigenvalue weighted by atomic mass is 79.9. The maximum atomic E-state index is 11.7. The zero-order valence-corrected chi connectivity index (χ0v) is 11.3. The van der Waals surface area contributed by atoms with Crippen molar-refractivity contribution in [1.29, 1.82) is 0 Å². The number of carbonyl (C=O) groups is 1. The topological polar surface area (TPSA) is 26.3 Å². The van der Waals surface area contributed by atoms with E-state index in [-0.39, 0.29) is 5.97 Å². The van der Waals surface area contributed by atoms with Crippen LogP contribution in [0.5, 0.6) is 0 Å². The molecule has 0 bridgehead atoms. The Morgan fingerprint density at radius 2 is 1.86 bits per heavy atom. The summed E-state index contributed by atoms with van der Waals surface area (Å²) in [6, 6.07) is 0. The molecule has 0 aromatic heterocycles. The Labute approximate surface area is 95.5 Å². The first-order chi connectivity index (χ1) is 6.25. The third kappa shape index (κ3) is 5.63. The smallest absolute Gasteiger partial charge is 0.311 e. The van der Waals surface area contributed by atoms with Crippen molar-refractivity contribution >= 4 is 21.9 Å². The fourth-order valence-electron chi connectivity index (χ4n) is 1.22. The molecular formula is C11H21BrO2. The van der Waals surface area contributed by atoms with Crippen LogP contribution >= 0.6 is 15.9 Å². The Morgan fingerprint density at radius 3 is 2.21 bits per heavy atom. The molecular weight excluding hydrogens is 244 g/mol. The Morgan fingerprint density at radius 1 is 1.36 bits per heavy atom. The number of esters is 1. The van der Waals surface area contributed by atoms with Gasteiger partial charge in [0.1, 0.15) is 0 Å². The van der Waals surface area contributed by atoms with Gasteiger partial charge in [-0.15, -0.1) is 0 Å². The summed E-state index contributed by atoms with van der Waals surface area (Å²) in [5, 5.41) is 0. The number of alkyl halides is 1. The lowest BCUT2D eigenvalue weighted by Crippen LogP contribution is -2.29. The molecule has 0 aliphatic carbocycles. The molecule has 3 heteroatoms. The van der Waals surface area contributed by atoms with Gasteiger partial charge in [0.15, 0.2) is 0 Å². The van der Waals surface area contributed by atoms with Crippen molar-refractivity contribution < 1.29 is 9.53 Å². The van der Waals surface area contributed by atoms with Crippen molar-refractivity contribution in [3.05, 3.63) is 0 Å². The number of carbonyl (C=O) groups excluding carboxylic acids is 1. The number of halogens is 1. The summed E-state index contributed by atoms with van der Waals surface area (Å²) in [6.45, 7) is 10.5. The summed E-state index contributed by atoms with van der Waals surface area (Å²) >= 11 is 3.45. The van der Waals surface area contributed by atoms with Gasteiger partial charge in [-0.3, -0.25) is 4.79 Å². The predicted octanol–water partition coefficient (Wildman–Crippen LogP) is 3.39. The standard InChI is InChI=1S/C11H21BrO2/c1-8(2)7-14-10(13)11(4,5)6-9(3)12/h8-9H,6-7H2,1-5H3. The molecule has 1 unspecified atom stereocenters. The summed E-state index contributed by atoms with van der Waals surface area (Å²) in [4.78, 5) is 12.0. The average Bonchev–Trinajstić information content (AvgIpc) is 1.97. The van der Waals surface area contributed by atoms with E-state index in [2.05, 4.69) is 15.9 Å². The first-order valence-corrected chi connectivity index (χ1v) is 5.98. The molecule has 2 nitrogen and oxygen atoms in total. The lowest BCUT2D eigenvalue weighted by atomic mass is 9.88. The molecule has 0 aromatic carbocycles. The number of ether oxygens (including phenoxy) is 1. The largest absolute Gasteiger partial charge is 0.465 e. The van der Waals surface area contributed by atoms with Crippen molar-refractivity contribution in [3.63, 3.8) is 0 Å². The molecule has 0 aliphatic heterocycles. The molecule has 0 radical (unpaired) electrons. The summed E-state index contributed by atoms with van der Waals surface area (Å²) in [6.07, 6.45) is 0.796. The minimum absolute atomic E-state index is 0.0995. The number of rotatable bonds is 5. The third-order valence-electron chi connectivity index (χ3n) is 1.89. The van der Waals surface area contributed by atoms with E-state index in [0.29, 0.717) is 17.4 Å². The molecule has 14 heavy (non-hydrogen) atoms. The average molecular weight is 265 g/mol. The summed E-state index contributed by atoms with van der Waals surface area (Å²) < 4.78 is 5.21. The molecule has 84 valence electrons. The van der Waals surface area contributed by atoms with Crippen molar-refractivity contribution in [2.75, 3.05) is 6.61 Å². The van der Waals surface area contributed by atoms with Gasteiger partial charge < -0.3 is 4.74 Å². The van der Waals surface area contributed by atoms with Crippen LogP contribution in [-0.4, -0.2) is 17.4 Å². The van der Waals surface area contributed by atoms with E-state index in [1.165, 1.54) is 0 Å². The zero-order valence-electron chi connectivity index (χ0n) is 9.76. The van der Waals surface area contributed by atoms with E-state index in [4.69, 9.17) is 4.74 Å². The van der Waals surface area contributed by atoms with Crippen molar-refractivity contribution in [2.24, 2.45) is 11.3 Å². The van der Waals surface area contributed by atoms with E-state index < -0.39 is 5.41 Å². The highest BCUT2D eigenvalue weighted by Gasteiger charge is 2.30. The predicted molar refractivity (Wildman–Crippen MR) is 62.6 cm³/mol. The monoisotopic (exact) mass is 264 g/mol. The molecule has 0 saturated carbocycles. The van der Waals surface area contributed by atoms with E-state index in [1.807, 2.05) is 34.6 Å². The Kier molecular flexibility index (Phi) is 5.72. The van der Waals surface area contributed by atoms with Crippen LogP contribution < -0.4 is 0 Å². The molecule has 0 aromatic rings. The van der Waals surface area contributed by atoms with Crippen molar-refractivity contribution in [2.45, 2.75) is 45.9 Å². The van der Waals surface area contributed by atoms with Crippen LogP contribution in [0.25, 0.3) is 0 Å². The van der Waals surface area contributed by atoms with Crippen LogP contribution in [0.1, 0.15) is 41.0 Å². The van der Waals surface area contributed by atoms with Crippen molar-refractivity contribution in [3.8, 4) is 0 Å². The van der Waals surface area contributed by atoms with Gasteiger partial charge in [-0.05, 0) is 26.2 Å². The second-order valence-corrected chi connectivity index (χ2v) is 6.42. The van der Waals surface area contributed by atoms with Gasteiger partial charge in [-0.1, -0.05) is 36.7 Å². The van der Waals surface area contributed by atoms with Gasteiger partial charge in [-0.2, -0.15) is 0 Å². The molecule has 1 atom stereocenters. The Bertz CT molecular complexity index is 186. The van der Waals surface area contributed by atoms with Gasteiger partial charge in [0, 0.05) is 4.83 Å². The summed E-state index contributed by atoms with van der Waals surface area (Å²) in [7, 11) is 0. The maximum absolute atomic E-state index is 11.7. The van der Waals surface area contributed by atoms with E-state index in [9.17, 15) is 4.79 Å². The number of hydrogen-bond donors (Lipinski definition) is 0. The van der Waals surface area contributed by atoms with Crippen LogP contribution in [0.4, 0.5) is 0 Å². The minimum atomic E-state index is -0.391. The quantitative estimate of drug-likeness (QED) is 0.562. The van der Waals surface area contributed by atoms with Crippen LogP contribution in [0.3, 0.4) is 0 Å². The molecule has 0 fully saturated rings. The van der Waals surface area contributed by atoms with E-state index in [0.717, 1.165) is 6.42 Å². The lowest BCUT2D eigenvalue weighted by molar-refractivity contribution is -0.155. The normalized spacial score (nSPS) is 14.2. The van der Waals surface area contributed by atoms with Gasteiger partial charge >= 0.3 is 5.97 Å². The zero-order chi connectivity index (χ0) is 11.4. The second-order valence-electron chi connectivity index (χ2n) is 4.86. The third-order valence-corrected chi connectivity index (χ3v) is 2.22. The fraction of sp³-hybridized carbons (Fsp3) is 0.909. The summed E-state index contributed by atoms with van der Waals surface area (Å²) in [5.74, 6) is 0.300. The van der Waals surface area contributed by atoms with Crippen LogP contribution in [0.2, 0.25) is 0 Å². The maximum Gasteiger partial charge on any atom is 0.311 e. The fourth-order valence-corrected chi connectivity index (χ4v) is 2.03. The molecule has 0 saturated heterocycles. The molecule has 0 spiro atoms. The van der Waals surface area contributed by atoms with E-state index >= 15 is 0 Å². The first-order valence-electron chi connectivity index (χ1n) is 5.07. The Balaban J connectivity index is 4.08. The van der Waals surface area contributed by atoms with Crippen LogP contribution in [-0.2, 0) is 9.53 Å². The lowest BCUT2D eigenvalue weighted by Gasteiger charge is -2.24. The SMILES string of the molecule is CC(C)COC(=O)C(C)(C)CC(C)Br. The molecule has 0 aliphatic rings. The van der Waals surface area contributed by atoms with Crippen LogP contribution in [0.15, 0.2) is 0 Å². The van der Waals surface area contributed by atoms with E-state index in [1.54, 1.807) is 0 Å².